The molecule has 0 aliphatic heterocycles. The van der Waals surface area contributed by atoms with Crippen LogP contribution in [-0.2, 0) is 19.1 Å². The van der Waals surface area contributed by atoms with Crippen LogP contribution < -0.4 is 0 Å². The maximum absolute atomic E-state index is 11.5. The van der Waals surface area contributed by atoms with Gasteiger partial charge in [-0.1, -0.05) is 6.58 Å². The summed E-state index contributed by atoms with van der Waals surface area (Å²) in [7, 11) is 0. The minimum Gasteiger partial charge on any atom is -0.481 e. The van der Waals surface area contributed by atoms with Gasteiger partial charge < -0.3 is 14.9 Å². The molecule has 0 aromatic rings. The first kappa shape index (κ1) is 15.2. The number of carboxylic acid groups (broad SMARTS) is 2. The van der Waals surface area contributed by atoms with Crippen LogP contribution in [0.2, 0.25) is 0 Å². The topological polar surface area (TPSA) is 101 Å². The lowest BCUT2D eigenvalue weighted by Crippen LogP contribution is -2.33. The molecule has 0 saturated carbocycles. The second-order valence-corrected chi connectivity index (χ2v) is 4.54. The predicted octanol–water partition coefficient (Wildman–Crippen LogP) is 1.06. The second kappa shape index (κ2) is 5.47. The molecular weight excluding hydrogens is 228 g/mol. The van der Waals surface area contributed by atoms with E-state index in [1.54, 1.807) is 20.8 Å². The van der Waals surface area contributed by atoms with Crippen molar-refractivity contribution < 1.29 is 29.3 Å². The van der Waals surface area contributed by atoms with Gasteiger partial charge in [0.25, 0.3) is 0 Å². The van der Waals surface area contributed by atoms with Crippen molar-refractivity contribution in [2.75, 3.05) is 0 Å². The molecule has 0 spiro atoms. The molecule has 0 amide bonds. The molecule has 0 heterocycles. The van der Waals surface area contributed by atoms with Crippen LogP contribution in [0.15, 0.2) is 12.2 Å². The van der Waals surface area contributed by atoms with Crippen molar-refractivity contribution in [3.05, 3.63) is 12.2 Å². The SMILES string of the molecule is C=C(CC(C(=O)O)C(=O)OC(C)(C)C)C(=O)O. The molecule has 0 radical (unpaired) electrons. The lowest BCUT2D eigenvalue weighted by Gasteiger charge is -2.22. The highest BCUT2D eigenvalue weighted by Gasteiger charge is 2.32. The summed E-state index contributed by atoms with van der Waals surface area (Å²) in [5.74, 6) is -5.27. The molecule has 0 saturated heterocycles. The van der Waals surface area contributed by atoms with Crippen LogP contribution in [0.25, 0.3) is 0 Å². The number of hydrogen-bond acceptors (Lipinski definition) is 4. The highest BCUT2D eigenvalue weighted by molar-refractivity contribution is 5.96. The monoisotopic (exact) mass is 244 g/mol. The van der Waals surface area contributed by atoms with Crippen molar-refractivity contribution >= 4 is 17.9 Å². The van der Waals surface area contributed by atoms with E-state index in [0.717, 1.165) is 0 Å². The predicted molar refractivity (Wildman–Crippen MR) is 58.4 cm³/mol. The lowest BCUT2D eigenvalue weighted by molar-refractivity contribution is -0.166. The average molecular weight is 244 g/mol. The Morgan fingerprint density at radius 1 is 1.24 bits per heavy atom. The van der Waals surface area contributed by atoms with E-state index in [4.69, 9.17) is 14.9 Å². The molecule has 1 atom stereocenters. The van der Waals surface area contributed by atoms with Crippen molar-refractivity contribution in [3.8, 4) is 0 Å². The van der Waals surface area contributed by atoms with E-state index in [1.807, 2.05) is 0 Å². The van der Waals surface area contributed by atoms with Gasteiger partial charge in [-0.2, -0.15) is 0 Å². The summed E-state index contributed by atoms with van der Waals surface area (Å²) in [6.07, 6.45) is -0.473. The quantitative estimate of drug-likeness (QED) is 0.426. The Hall–Kier alpha value is -1.85. The Balaban J connectivity index is 4.76. The van der Waals surface area contributed by atoms with Gasteiger partial charge >= 0.3 is 17.9 Å². The molecule has 0 aromatic carbocycles. The molecule has 0 fully saturated rings. The second-order valence-electron chi connectivity index (χ2n) is 4.54. The molecular formula is C11H16O6. The fraction of sp³-hybridized carbons (Fsp3) is 0.545. The lowest BCUT2D eigenvalue weighted by atomic mass is 10.0. The molecule has 1 unspecified atom stereocenters. The minimum atomic E-state index is -1.54. The summed E-state index contributed by atoms with van der Waals surface area (Å²) in [6, 6.07) is 0. The number of hydrogen-bond donors (Lipinski definition) is 2. The van der Waals surface area contributed by atoms with E-state index in [9.17, 15) is 14.4 Å². The van der Waals surface area contributed by atoms with Gasteiger partial charge in [0.15, 0.2) is 5.92 Å². The van der Waals surface area contributed by atoms with Gasteiger partial charge in [-0.05, 0) is 20.8 Å². The number of ether oxygens (including phenoxy) is 1. The summed E-state index contributed by atoms with van der Waals surface area (Å²) >= 11 is 0. The Morgan fingerprint density at radius 2 is 1.71 bits per heavy atom. The van der Waals surface area contributed by atoms with Crippen LogP contribution >= 0.6 is 0 Å². The van der Waals surface area contributed by atoms with Crippen LogP contribution in [0.5, 0.6) is 0 Å². The molecule has 96 valence electrons. The van der Waals surface area contributed by atoms with E-state index in [1.165, 1.54) is 0 Å². The highest BCUT2D eigenvalue weighted by atomic mass is 16.6. The molecule has 6 heteroatoms. The largest absolute Gasteiger partial charge is 0.481 e. The van der Waals surface area contributed by atoms with Gasteiger partial charge in [-0.25, -0.2) is 4.79 Å². The van der Waals surface area contributed by atoms with Crippen LogP contribution in [0.3, 0.4) is 0 Å². The zero-order valence-corrected chi connectivity index (χ0v) is 10.0. The molecule has 17 heavy (non-hydrogen) atoms. The fourth-order valence-corrected chi connectivity index (χ4v) is 0.978. The molecule has 0 bridgehead atoms. The number of carbonyl (C=O) groups is 3. The summed E-state index contributed by atoms with van der Waals surface area (Å²) in [5, 5.41) is 17.4. The van der Waals surface area contributed by atoms with Crippen molar-refractivity contribution in [1.82, 2.24) is 0 Å². The fourth-order valence-electron chi connectivity index (χ4n) is 0.978. The first-order chi connectivity index (χ1) is 7.54. The third-order valence-corrected chi connectivity index (χ3v) is 1.74. The molecule has 6 nitrogen and oxygen atoms in total. The van der Waals surface area contributed by atoms with E-state index in [0.29, 0.717) is 0 Å². The van der Waals surface area contributed by atoms with E-state index < -0.39 is 35.8 Å². The number of carbonyl (C=O) groups excluding carboxylic acids is 1. The first-order valence-corrected chi connectivity index (χ1v) is 4.91. The summed E-state index contributed by atoms with van der Waals surface area (Å²) < 4.78 is 4.89. The Kier molecular flexibility index (Phi) is 4.87. The standard InChI is InChI=1S/C11H16O6/c1-6(8(12)13)5-7(9(14)15)10(16)17-11(2,3)4/h7H,1,5H2,2-4H3,(H,12,13)(H,14,15). The van der Waals surface area contributed by atoms with Gasteiger partial charge in [-0.15, -0.1) is 0 Å². The number of rotatable bonds is 5. The van der Waals surface area contributed by atoms with Gasteiger partial charge in [0.2, 0.25) is 0 Å². The third-order valence-electron chi connectivity index (χ3n) is 1.74. The zero-order valence-electron chi connectivity index (χ0n) is 10.0. The normalized spacial score (nSPS) is 12.6. The summed E-state index contributed by atoms with van der Waals surface area (Å²) in [5.41, 5.74) is -1.17. The van der Waals surface area contributed by atoms with Crippen molar-refractivity contribution in [2.45, 2.75) is 32.8 Å². The number of esters is 1. The summed E-state index contributed by atoms with van der Waals surface area (Å²) in [6.45, 7) is 7.96. The number of carboxylic acids is 2. The van der Waals surface area contributed by atoms with Gasteiger partial charge in [-0.3, -0.25) is 9.59 Å². The maximum atomic E-state index is 11.5. The van der Waals surface area contributed by atoms with E-state index in [-0.39, 0.29) is 5.57 Å². The van der Waals surface area contributed by atoms with E-state index in [2.05, 4.69) is 6.58 Å². The van der Waals surface area contributed by atoms with Crippen LogP contribution in [0.4, 0.5) is 0 Å². The Morgan fingerprint density at radius 3 is 2.00 bits per heavy atom. The highest BCUT2D eigenvalue weighted by Crippen LogP contribution is 2.17. The average Bonchev–Trinajstić information content (AvgIpc) is 2.09. The zero-order chi connectivity index (χ0) is 13.8. The smallest absolute Gasteiger partial charge is 0.330 e. The van der Waals surface area contributed by atoms with Gasteiger partial charge in [0, 0.05) is 12.0 Å². The minimum absolute atomic E-state index is 0.344. The van der Waals surface area contributed by atoms with Gasteiger partial charge in [0.05, 0.1) is 0 Å². The molecule has 0 aliphatic rings. The molecule has 0 rings (SSSR count). The molecule has 0 aliphatic carbocycles. The maximum Gasteiger partial charge on any atom is 0.330 e. The van der Waals surface area contributed by atoms with Crippen LogP contribution in [-0.4, -0.2) is 33.7 Å². The summed E-state index contributed by atoms with van der Waals surface area (Å²) in [4.78, 5) is 32.9. The van der Waals surface area contributed by atoms with Crippen molar-refractivity contribution in [1.29, 1.82) is 0 Å². The van der Waals surface area contributed by atoms with Crippen molar-refractivity contribution in [3.63, 3.8) is 0 Å². The Labute approximate surface area is 98.9 Å². The van der Waals surface area contributed by atoms with E-state index >= 15 is 0 Å². The Bertz CT molecular complexity index is 349. The third kappa shape index (κ3) is 5.70. The van der Waals surface area contributed by atoms with Crippen molar-refractivity contribution in [2.24, 2.45) is 5.92 Å². The molecule has 0 aromatic heterocycles. The van der Waals surface area contributed by atoms with Crippen LogP contribution in [0, 0.1) is 5.92 Å². The number of aliphatic carboxylic acids is 2. The van der Waals surface area contributed by atoms with Crippen LogP contribution in [0.1, 0.15) is 27.2 Å². The van der Waals surface area contributed by atoms with Gasteiger partial charge in [0.1, 0.15) is 5.60 Å². The molecule has 2 N–H and O–H groups in total. The first-order valence-electron chi connectivity index (χ1n) is 4.91.